The van der Waals surface area contributed by atoms with Crippen molar-refractivity contribution in [3.05, 3.63) is 95.0 Å². The van der Waals surface area contributed by atoms with Crippen LogP contribution in [0.4, 0.5) is 0 Å². The van der Waals surface area contributed by atoms with Crippen LogP contribution in [0, 0.1) is 0 Å². The summed E-state index contributed by atoms with van der Waals surface area (Å²) in [5.74, 6) is -0.189. The second-order valence-corrected chi connectivity index (χ2v) is 11.9. The fraction of sp³-hybridized carbons (Fsp3) is 0.333. The smallest absolute Gasteiger partial charge is 0.243 e. The molecule has 1 unspecified atom stereocenters. The zero-order valence-corrected chi connectivity index (χ0v) is 24.6. The van der Waals surface area contributed by atoms with Gasteiger partial charge in [0.15, 0.2) is 0 Å². The summed E-state index contributed by atoms with van der Waals surface area (Å²) >= 11 is 5.93. The molecule has 0 radical (unpaired) electrons. The molecule has 0 bridgehead atoms. The molecule has 40 heavy (non-hydrogen) atoms. The number of methoxy groups -OCH3 is 1. The number of unbranched alkanes of at least 4 members (excludes halogenated alkanes) is 1. The van der Waals surface area contributed by atoms with Crippen molar-refractivity contribution in [1.29, 1.82) is 0 Å². The van der Waals surface area contributed by atoms with Gasteiger partial charge < -0.3 is 15.0 Å². The summed E-state index contributed by atoms with van der Waals surface area (Å²) in [6.07, 6.45) is 1.97. The Hall–Kier alpha value is -3.40. The third kappa shape index (κ3) is 8.55. The molecule has 2 amide bonds. The van der Waals surface area contributed by atoms with E-state index >= 15 is 0 Å². The summed E-state index contributed by atoms with van der Waals surface area (Å²) < 4.78 is 32.8. The second kappa shape index (κ2) is 14.8. The molecule has 10 heteroatoms. The highest BCUT2D eigenvalue weighted by Gasteiger charge is 2.33. The average Bonchev–Trinajstić information content (AvgIpc) is 2.95. The van der Waals surface area contributed by atoms with Gasteiger partial charge in [-0.15, -0.1) is 0 Å². The molecule has 0 heterocycles. The second-order valence-electron chi connectivity index (χ2n) is 9.44. The molecule has 0 saturated carbocycles. The number of sulfonamides is 1. The predicted molar refractivity (Wildman–Crippen MR) is 157 cm³/mol. The number of carbonyl (C=O) groups is 2. The molecule has 0 fully saturated rings. The van der Waals surface area contributed by atoms with Crippen LogP contribution in [0.2, 0.25) is 5.02 Å². The zero-order chi connectivity index (χ0) is 29.1. The van der Waals surface area contributed by atoms with Crippen molar-refractivity contribution in [3.63, 3.8) is 0 Å². The standard InChI is InChI=1S/C30H36ClN3O5S/c1-4-5-18-32-30(36)28(20-23-10-7-6-8-11-23)34(21-24-12-9-13-26(19-24)39-3)29(35)22-33(2)40(37,38)27-16-14-25(31)15-17-27/h6-17,19,28H,4-5,18,20-22H2,1-3H3,(H,32,36). The minimum absolute atomic E-state index is 0.0182. The van der Waals surface area contributed by atoms with E-state index in [4.69, 9.17) is 16.3 Å². The monoisotopic (exact) mass is 585 g/mol. The lowest BCUT2D eigenvalue weighted by atomic mass is 10.0. The number of rotatable bonds is 14. The van der Waals surface area contributed by atoms with Crippen LogP contribution in [0.15, 0.2) is 83.8 Å². The largest absolute Gasteiger partial charge is 0.497 e. The third-order valence-corrected chi connectivity index (χ3v) is 8.54. The van der Waals surface area contributed by atoms with Crippen LogP contribution >= 0.6 is 11.6 Å². The molecule has 3 rings (SSSR count). The van der Waals surface area contributed by atoms with Gasteiger partial charge in [-0.05, 0) is 53.9 Å². The molecule has 0 aliphatic heterocycles. The number of ether oxygens (including phenoxy) is 1. The molecule has 8 nitrogen and oxygen atoms in total. The fourth-order valence-electron chi connectivity index (χ4n) is 4.18. The van der Waals surface area contributed by atoms with Gasteiger partial charge >= 0.3 is 0 Å². The topological polar surface area (TPSA) is 96.0 Å². The first-order valence-corrected chi connectivity index (χ1v) is 14.9. The van der Waals surface area contributed by atoms with Gasteiger partial charge in [-0.25, -0.2) is 8.42 Å². The van der Waals surface area contributed by atoms with Crippen LogP contribution in [-0.2, 0) is 32.6 Å². The van der Waals surface area contributed by atoms with Crippen LogP contribution in [0.5, 0.6) is 5.75 Å². The van der Waals surface area contributed by atoms with E-state index in [1.807, 2.05) is 49.4 Å². The lowest BCUT2D eigenvalue weighted by molar-refractivity contribution is -0.141. The lowest BCUT2D eigenvalue weighted by Gasteiger charge is -2.32. The normalized spacial score (nSPS) is 12.1. The van der Waals surface area contributed by atoms with Crippen molar-refractivity contribution in [2.45, 2.75) is 43.7 Å². The molecule has 1 atom stereocenters. The maximum Gasteiger partial charge on any atom is 0.243 e. The Labute approximate surface area is 241 Å². The first kappa shape index (κ1) is 31.1. The lowest BCUT2D eigenvalue weighted by Crippen LogP contribution is -2.53. The Balaban J connectivity index is 1.97. The molecule has 1 N–H and O–H groups in total. The van der Waals surface area contributed by atoms with E-state index in [-0.39, 0.29) is 23.8 Å². The van der Waals surface area contributed by atoms with Crippen LogP contribution in [-0.4, -0.2) is 62.7 Å². The van der Waals surface area contributed by atoms with Gasteiger partial charge in [-0.2, -0.15) is 4.31 Å². The minimum Gasteiger partial charge on any atom is -0.497 e. The molecular formula is C30H36ClN3O5S. The molecule has 0 saturated heterocycles. The first-order chi connectivity index (χ1) is 19.1. The number of hydrogen-bond donors (Lipinski definition) is 1. The number of carbonyl (C=O) groups excluding carboxylic acids is 2. The number of halogens is 1. The van der Waals surface area contributed by atoms with Gasteiger partial charge in [0.2, 0.25) is 21.8 Å². The third-order valence-electron chi connectivity index (χ3n) is 6.47. The Kier molecular flexibility index (Phi) is 11.5. The summed E-state index contributed by atoms with van der Waals surface area (Å²) in [6, 6.07) is 21.6. The van der Waals surface area contributed by atoms with Crippen molar-refractivity contribution in [2.75, 3.05) is 27.2 Å². The van der Waals surface area contributed by atoms with Gasteiger partial charge in [-0.1, -0.05) is 67.4 Å². The van der Waals surface area contributed by atoms with Crippen molar-refractivity contribution in [2.24, 2.45) is 0 Å². The number of nitrogens with zero attached hydrogens (tertiary/aromatic N) is 2. The van der Waals surface area contributed by atoms with Gasteiger partial charge in [-0.3, -0.25) is 9.59 Å². The van der Waals surface area contributed by atoms with Crippen molar-refractivity contribution in [3.8, 4) is 5.75 Å². The van der Waals surface area contributed by atoms with Crippen molar-refractivity contribution in [1.82, 2.24) is 14.5 Å². The molecule has 3 aromatic carbocycles. The van der Waals surface area contributed by atoms with Crippen LogP contribution in [0.25, 0.3) is 0 Å². The van der Waals surface area contributed by atoms with E-state index < -0.39 is 28.5 Å². The molecule has 0 spiro atoms. The minimum atomic E-state index is -3.98. The highest BCUT2D eigenvalue weighted by atomic mass is 35.5. The highest BCUT2D eigenvalue weighted by Crippen LogP contribution is 2.21. The van der Waals surface area contributed by atoms with E-state index in [9.17, 15) is 18.0 Å². The molecular weight excluding hydrogens is 550 g/mol. The van der Waals surface area contributed by atoms with E-state index in [2.05, 4.69) is 5.32 Å². The van der Waals surface area contributed by atoms with Crippen LogP contribution < -0.4 is 10.1 Å². The van der Waals surface area contributed by atoms with Gasteiger partial charge in [0.1, 0.15) is 11.8 Å². The van der Waals surface area contributed by atoms with Crippen LogP contribution in [0.3, 0.4) is 0 Å². The predicted octanol–water partition coefficient (Wildman–Crippen LogP) is 4.53. The number of likely N-dealkylation sites (N-methyl/N-ethyl adjacent to an activating group) is 1. The van der Waals surface area contributed by atoms with Gasteiger partial charge in [0, 0.05) is 31.6 Å². The summed E-state index contributed by atoms with van der Waals surface area (Å²) in [5.41, 5.74) is 1.62. The van der Waals surface area contributed by atoms with E-state index in [1.54, 1.807) is 19.2 Å². The first-order valence-electron chi connectivity index (χ1n) is 13.1. The number of benzene rings is 3. The summed E-state index contributed by atoms with van der Waals surface area (Å²) in [4.78, 5) is 28.9. The fourth-order valence-corrected chi connectivity index (χ4v) is 5.43. The molecule has 0 aliphatic carbocycles. The number of amides is 2. The van der Waals surface area contributed by atoms with E-state index in [0.29, 0.717) is 17.3 Å². The van der Waals surface area contributed by atoms with Gasteiger partial charge in [0.25, 0.3) is 0 Å². The number of nitrogens with one attached hydrogen (secondary N) is 1. The van der Waals surface area contributed by atoms with Crippen LogP contribution in [0.1, 0.15) is 30.9 Å². The molecule has 3 aromatic rings. The average molecular weight is 586 g/mol. The maximum atomic E-state index is 13.9. The molecule has 0 aromatic heterocycles. The van der Waals surface area contributed by atoms with E-state index in [0.717, 1.165) is 28.3 Å². The number of hydrogen-bond acceptors (Lipinski definition) is 5. The van der Waals surface area contributed by atoms with Gasteiger partial charge in [0.05, 0.1) is 18.6 Å². The van der Waals surface area contributed by atoms with Crippen molar-refractivity contribution >= 4 is 33.4 Å². The molecule has 0 aliphatic rings. The zero-order valence-electron chi connectivity index (χ0n) is 23.0. The Morgan fingerprint density at radius 3 is 2.30 bits per heavy atom. The Morgan fingerprint density at radius 1 is 0.975 bits per heavy atom. The SMILES string of the molecule is CCCCNC(=O)C(Cc1ccccc1)N(Cc1cccc(OC)c1)C(=O)CN(C)S(=O)(=O)c1ccc(Cl)cc1. The highest BCUT2D eigenvalue weighted by molar-refractivity contribution is 7.89. The summed E-state index contributed by atoms with van der Waals surface area (Å²) in [5, 5.41) is 3.36. The maximum absolute atomic E-state index is 13.9. The summed E-state index contributed by atoms with van der Waals surface area (Å²) in [6.45, 7) is 2.14. The summed E-state index contributed by atoms with van der Waals surface area (Å²) in [7, 11) is -1.08. The van der Waals surface area contributed by atoms with Crippen molar-refractivity contribution < 1.29 is 22.7 Å². The Morgan fingerprint density at radius 2 is 1.65 bits per heavy atom. The molecule has 214 valence electrons. The Bertz CT molecular complexity index is 1370. The quantitative estimate of drug-likeness (QED) is 0.281. The van der Waals surface area contributed by atoms with E-state index in [1.165, 1.54) is 36.2 Å².